The van der Waals surface area contributed by atoms with Crippen molar-refractivity contribution < 1.29 is 0 Å². The Bertz CT molecular complexity index is 2890. The second kappa shape index (κ2) is 12.7. The van der Waals surface area contributed by atoms with E-state index in [1.807, 2.05) is 11.3 Å². The molecule has 10 rings (SSSR count). The molecular weight excluding hydrogens is 647 g/mol. The van der Waals surface area contributed by atoms with Gasteiger partial charge in [-0.1, -0.05) is 152 Å². The summed E-state index contributed by atoms with van der Waals surface area (Å²) in [6, 6.07) is 73.0. The summed E-state index contributed by atoms with van der Waals surface area (Å²) in [7, 11) is 0. The van der Waals surface area contributed by atoms with E-state index in [1.165, 1.54) is 75.1 Å². The van der Waals surface area contributed by atoms with Gasteiger partial charge in [0.1, 0.15) is 0 Å². The summed E-state index contributed by atoms with van der Waals surface area (Å²) in [5, 5.41) is 7.70. The van der Waals surface area contributed by atoms with Gasteiger partial charge in [-0.05, 0) is 103 Å². The third-order valence-corrected chi connectivity index (χ3v) is 11.4. The van der Waals surface area contributed by atoms with Crippen LogP contribution in [0.2, 0.25) is 0 Å². The van der Waals surface area contributed by atoms with Crippen LogP contribution in [-0.4, -0.2) is 0 Å². The zero-order chi connectivity index (χ0) is 34.4. The molecule has 0 aliphatic heterocycles. The number of rotatable bonds is 6. The summed E-state index contributed by atoms with van der Waals surface area (Å²) in [6.07, 6.45) is 0. The van der Waals surface area contributed by atoms with Gasteiger partial charge in [0.15, 0.2) is 0 Å². The van der Waals surface area contributed by atoms with Gasteiger partial charge >= 0.3 is 0 Å². The van der Waals surface area contributed by atoms with Crippen LogP contribution in [0, 0.1) is 0 Å². The highest BCUT2D eigenvalue weighted by atomic mass is 32.1. The van der Waals surface area contributed by atoms with E-state index in [-0.39, 0.29) is 0 Å². The lowest BCUT2D eigenvalue weighted by Crippen LogP contribution is -2.10. The molecule has 10 aromatic rings. The summed E-state index contributed by atoms with van der Waals surface area (Å²) < 4.78 is 2.60. The molecule has 9 aromatic carbocycles. The summed E-state index contributed by atoms with van der Waals surface area (Å²) in [5.74, 6) is 0. The van der Waals surface area contributed by atoms with Crippen LogP contribution in [0.15, 0.2) is 200 Å². The highest BCUT2D eigenvalue weighted by molar-refractivity contribution is 7.25. The Hall–Kier alpha value is -6.48. The Labute approximate surface area is 307 Å². The molecule has 0 spiro atoms. The fourth-order valence-electron chi connectivity index (χ4n) is 7.78. The molecule has 1 aromatic heterocycles. The molecule has 0 amide bonds. The van der Waals surface area contributed by atoms with Crippen LogP contribution >= 0.6 is 11.3 Å². The van der Waals surface area contributed by atoms with E-state index >= 15 is 0 Å². The molecule has 0 saturated carbocycles. The maximum absolute atomic E-state index is 2.41. The molecule has 0 fully saturated rings. The molecule has 0 bridgehead atoms. The van der Waals surface area contributed by atoms with Crippen molar-refractivity contribution in [2.24, 2.45) is 0 Å². The molecule has 0 aliphatic carbocycles. The number of nitrogens with zero attached hydrogens (tertiary/aromatic N) is 1. The number of anilines is 3. The fraction of sp³-hybridized carbons (Fsp3) is 0. The van der Waals surface area contributed by atoms with E-state index in [2.05, 4.69) is 205 Å². The van der Waals surface area contributed by atoms with Crippen molar-refractivity contribution in [3.63, 3.8) is 0 Å². The van der Waals surface area contributed by atoms with Gasteiger partial charge in [-0.15, -0.1) is 11.3 Å². The number of fused-ring (bicyclic) bond motifs is 6. The van der Waals surface area contributed by atoms with Crippen molar-refractivity contribution in [3.05, 3.63) is 200 Å². The third-order valence-electron chi connectivity index (χ3n) is 10.3. The van der Waals surface area contributed by atoms with Crippen LogP contribution in [0.3, 0.4) is 0 Å². The summed E-state index contributed by atoms with van der Waals surface area (Å²) in [6.45, 7) is 0. The molecule has 52 heavy (non-hydrogen) atoms. The lowest BCUT2D eigenvalue weighted by atomic mass is 9.93. The van der Waals surface area contributed by atoms with Crippen LogP contribution in [0.25, 0.3) is 75.1 Å². The predicted octanol–water partition coefficient (Wildman–Crippen LogP) is 14.8. The maximum Gasteiger partial charge on any atom is 0.0476 e. The summed E-state index contributed by atoms with van der Waals surface area (Å²) in [4.78, 5) is 2.41. The van der Waals surface area contributed by atoms with Gasteiger partial charge in [-0.3, -0.25) is 0 Å². The van der Waals surface area contributed by atoms with Gasteiger partial charge in [-0.25, -0.2) is 0 Å². The molecular formula is C50H33NS. The van der Waals surface area contributed by atoms with Crippen molar-refractivity contribution in [2.75, 3.05) is 4.90 Å². The quantitative estimate of drug-likeness (QED) is 0.158. The minimum Gasteiger partial charge on any atom is -0.310 e. The topological polar surface area (TPSA) is 3.24 Å². The minimum atomic E-state index is 1.11. The highest BCUT2D eigenvalue weighted by Gasteiger charge is 2.18. The molecule has 244 valence electrons. The second-order valence-corrected chi connectivity index (χ2v) is 14.4. The minimum absolute atomic E-state index is 1.11. The average molecular weight is 680 g/mol. The lowest BCUT2D eigenvalue weighted by molar-refractivity contribution is 1.29. The van der Waals surface area contributed by atoms with Crippen LogP contribution in [0.1, 0.15) is 0 Å². The molecule has 0 N–H and O–H groups in total. The van der Waals surface area contributed by atoms with Crippen LogP contribution in [-0.2, 0) is 0 Å². The van der Waals surface area contributed by atoms with E-state index in [1.54, 1.807) is 0 Å². The van der Waals surface area contributed by atoms with Crippen molar-refractivity contribution in [1.29, 1.82) is 0 Å². The van der Waals surface area contributed by atoms with Gasteiger partial charge in [0.25, 0.3) is 0 Å². The molecule has 0 saturated heterocycles. The first kappa shape index (κ1) is 30.4. The van der Waals surface area contributed by atoms with Crippen molar-refractivity contribution >= 4 is 70.1 Å². The molecule has 2 heteroatoms. The molecule has 0 unspecified atom stereocenters. The first-order valence-electron chi connectivity index (χ1n) is 17.8. The van der Waals surface area contributed by atoms with E-state index < -0.39 is 0 Å². The van der Waals surface area contributed by atoms with Crippen LogP contribution < -0.4 is 4.90 Å². The Morgan fingerprint density at radius 3 is 1.60 bits per heavy atom. The zero-order valence-electron chi connectivity index (χ0n) is 28.4. The first-order chi connectivity index (χ1) is 25.8. The van der Waals surface area contributed by atoms with Gasteiger partial charge in [0.2, 0.25) is 0 Å². The predicted molar refractivity (Wildman–Crippen MR) is 225 cm³/mol. The van der Waals surface area contributed by atoms with Gasteiger partial charge in [-0.2, -0.15) is 0 Å². The van der Waals surface area contributed by atoms with E-state index in [4.69, 9.17) is 0 Å². The molecule has 0 aliphatic rings. The summed E-state index contributed by atoms with van der Waals surface area (Å²) in [5.41, 5.74) is 10.6. The van der Waals surface area contributed by atoms with Crippen molar-refractivity contribution in [1.82, 2.24) is 0 Å². The summed E-state index contributed by atoms with van der Waals surface area (Å²) >= 11 is 1.86. The van der Waals surface area contributed by atoms with Gasteiger partial charge in [0, 0.05) is 37.2 Å². The SMILES string of the molecule is c1ccc(-c2ccc(N(c3ccc(-c4cc5ccccc5c5ccccc45)cc3)c3ccc4c(c3)sc3ccccc34)cc2-c2ccccc2)cc1. The molecule has 1 nitrogen and oxygen atoms in total. The highest BCUT2D eigenvalue weighted by Crippen LogP contribution is 2.44. The number of benzene rings is 9. The normalized spacial score (nSPS) is 11.5. The van der Waals surface area contributed by atoms with Crippen LogP contribution in [0.5, 0.6) is 0 Å². The fourth-order valence-corrected chi connectivity index (χ4v) is 8.92. The number of hydrogen-bond acceptors (Lipinski definition) is 2. The number of hydrogen-bond donors (Lipinski definition) is 0. The first-order valence-corrected chi connectivity index (χ1v) is 18.6. The Kier molecular flexibility index (Phi) is 7.41. The van der Waals surface area contributed by atoms with E-state index in [0.717, 1.165) is 17.1 Å². The second-order valence-electron chi connectivity index (χ2n) is 13.3. The van der Waals surface area contributed by atoms with Crippen LogP contribution in [0.4, 0.5) is 17.1 Å². The molecule has 0 atom stereocenters. The standard InChI is InChI=1S/C50H33NS/c1-3-13-34(14-4-1)42-29-27-39(32-48(42)35-15-5-2-6-16-35)51(40-28-30-46-45-21-11-12-22-49(45)52-50(46)33-40)38-25-23-36(24-26-38)47-31-37-17-7-8-18-41(37)43-19-9-10-20-44(43)47/h1-33H. The smallest absolute Gasteiger partial charge is 0.0476 e. The maximum atomic E-state index is 2.41. The largest absolute Gasteiger partial charge is 0.310 e. The Morgan fingerprint density at radius 2 is 0.827 bits per heavy atom. The zero-order valence-corrected chi connectivity index (χ0v) is 29.2. The van der Waals surface area contributed by atoms with Crippen molar-refractivity contribution in [2.45, 2.75) is 0 Å². The lowest BCUT2D eigenvalue weighted by Gasteiger charge is -2.27. The van der Waals surface area contributed by atoms with Crippen molar-refractivity contribution in [3.8, 4) is 33.4 Å². The monoisotopic (exact) mass is 679 g/mol. The van der Waals surface area contributed by atoms with Gasteiger partial charge in [0.05, 0.1) is 0 Å². The Balaban J connectivity index is 1.16. The van der Waals surface area contributed by atoms with Gasteiger partial charge < -0.3 is 4.90 Å². The third kappa shape index (κ3) is 5.24. The average Bonchev–Trinajstić information content (AvgIpc) is 3.60. The molecule has 0 radical (unpaired) electrons. The Morgan fingerprint density at radius 1 is 0.288 bits per heavy atom. The van der Waals surface area contributed by atoms with E-state index in [0.29, 0.717) is 0 Å². The van der Waals surface area contributed by atoms with E-state index in [9.17, 15) is 0 Å². The number of thiophene rings is 1. The molecule has 1 heterocycles.